The van der Waals surface area contributed by atoms with E-state index in [9.17, 15) is 4.79 Å². The van der Waals surface area contributed by atoms with E-state index in [0.29, 0.717) is 5.69 Å². The second-order valence-corrected chi connectivity index (χ2v) is 5.20. The molecular formula is C12H17N7O. The van der Waals surface area contributed by atoms with Crippen LogP contribution in [0.25, 0.3) is 0 Å². The van der Waals surface area contributed by atoms with Crippen molar-refractivity contribution in [3.8, 4) is 0 Å². The normalized spacial score (nSPS) is 17.9. The van der Waals surface area contributed by atoms with Gasteiger partial charge < -0.3 is 5.32 Å². The molecule has 0 saturated heterocycles. The quantitative estimate of drug-likeness (QED) is 0.890. The molecule has 8 nitrogen and oxygen atoms in total. The van der Waals surface area contributed by atoms with Crippen molar-refractivity contribution in [3.05, 3.63) is 18.7 Å². The number of aromatic nitrogens is 6. The number of rotatable bonds is 3. The Morgan fingerprint density at radius 3 is 2.75 bits per heavy atom. The highest BCUT2D eigenvalue weighted by molar-refractivity contribution is 5.96. The summed E-state index contributed by atoms with van der Waals surface area (Å²) in [6.07, 6.45) is 9.58. The van der Waals surface area contributed by atoms with Gasteiger partial charge in [-0.05, 0) is 23.3 Å². The van der Waals surface area contributed by atoms with Gasteiger partial charge in [0.1, 0.15) is 11.9 Å². The zero-order valence-corrected chi connectivity index (χ0v) is 11.4. The number of carbonyl (C=O) groups excluding carboxylic acids is 1. The Bertz CT molecular complexity index is 583. The van der Waals surface area contributed by atoms with E-state index in [1.165, 1.54) is 6.33 Å². The van der Waals surface area contributed by atoms with Gasteiger partial charge in [-0.1, -0.05) is 19.3 Å². The van der Waals surface area contributed by atoms with Crippen LogP contribution in [0.4, 0.5) is 5.69 Å². The van der Waals surface area contributed by atoms with Crippen molar-refractivity contribution in [1.29, 1.82) is 0 Å². The summed E-state index contributed by atoms with van der Waals surface area (Å²) in [5, 5.41) is 18.3. The first-order chi connectivity index (χ1) is 9.71. The van der Waals surface area contributed by atoms with E-state index in [2.05, 4.69) is 25.9 Å². The van der Waals surface area contributed by atoms with Gasteiger partial charge in [0, 0.05) is 13.2 Å². The number of hydrogen-bond acceptors (Lipinski definition) is 5. The number of tetrazole rings is 1. The fourth-order valence-corrected chi connectivity index (χ4v) is 2.79. The Labute approximate surface area is 116 Å². The Morgan fingerprint density at radius 1 is 1.35 bits per heavy atom. The molecule has 106 valence electrons. The van der Waals surface area contributed by atoms with Crippen molar-refractivity contribution in [2.45, 2.75) is 37.6 Å². The Kier molecular flexibility index (Phi) is 3.21. The standard InChI is InChI=1S/C12H17N7O/c1-18-8-10(7-14-18)15-11(20)12(5-3-2-4-6-12)19-9-13-16-17-19/h7-9H,2-6H2,1H3,(H,15,20). The minimum absolute atomic E-state index is 0.0718. The Morgan fingerprint density at radius 2 is 2.15 bits per heavy atom. The van der Waals surface area contributed by atoms with E-state index < -0.39 is 5.54 Å². The van der Waals surface area contributed by atoms with E-state index in [-0.39, 0.29) is 5.91 Å². The lowest BCUT2D eigenvalue weighted by molar-refractivity contribution is -0.126. The fourth-order valence-electron chi connectivity index (χ4n) is 2.79. The molecule has 1 fully saturated rings. The molecule has 1 saturated carbocycles. The summed E-state index contributed by atoms with van der Waals surface area (Å²) in [5.41, 5.74) is 0.00735. The second kappa shape index (κ2) is 5.03. The number of hydrogen-bond donors (Lipinski definition) is 1. The van der Waals surface area contributed by atoms with E-state index in [4.69, 9.17) is 0 Å². The van der Waals surface area contributed by atoms with E-state index in [1.807, 2.05) is 7.05 Å². The molecule has 1 aliphatic carbocycles. The maximum absolute atomic E-state index is 12.7. The lowest BCUT2D eigenvalue weighted by Gasteiger charge is -2.34. The van der Waals surface area contributed by atoms with Crippen molar-refractivity contribution in [2.75, 3.05) is 5.32 Å². The summed E-state index contributed by atoms with van der Waals surface area (Å²) in [6, 6.07) is 0. The first-order valence-electron chi connectivity index (χ1n) is 6.74. The summed E-state index contributed by atoms with van der Waals surface area (Å²) < 4.78 is 3.25. The molecule has 0 aromatic carbocycles. The predicted molar refractivity (Wildman–Crippen MR) is 70.7 cm³/mol. The summed E-state index contributed by atoms with van der Waals surface area (Å²) >= 11 is 0. The van der Waals surface area contributed by atoms with Crippen molar-refractivity contribution >= 4 is 11.6 Å². The van der Waals surface area contributed by atoms with Gasteiger partial charge >= 0.3 is 0 Å². The summed E-state index contributed by atoms with van der Waals surface area (Å²) in [5.74, 6) is -0.0718. The highest BCUT2D eigenvalue weighted by atomic mass is 16.2. The van der Waals surface area contributed by atoms with Crippen LogP contribution in [0.3, 0.4) is 0 Å². The van der Waals surface area contributed by atoms with Crippen LogP contribution in [0.2, 0.25) is 0 Å². The molecule has 0 bridgehead atoms. The van der Waals surface area contributed by atoms with Gasteiger partial charge in [0.25, 0.3) is 5.91 Å². The van der Waals surface area contributed by atoms with Gasteiger partial charge in [0.15, 0.2) is 0 Å². The maximum Gasteiger partial charge on any atom is 0.252 e. The number of amides is 1. The Hall–Kier alpha value is -2.25. The lowest BCUT2D eigenvalue weighted by atomic mass is 9.81. The molecule has 0 atom stereocenters. The fraction of sp³-hybridized carbons (Fsp3) is 0.583. The van der Waals surface area contributed by atoms with Crippen LogP contribution in [0.15, 0.2) is 18.7 Å². The molecule has 8 heteroatoms. The number of nitrogens with one attached hydrogen (secondary N) is 1. The minimum atomic E-state index is -0.683. The molecular weight excluding hydrogens is 258 g/mol. The van der Waals surface area contributed by atoms with Gasteiger partial charge in [-0.2, -0.15) is 5.10 Å². The molecule has 1 N–H and O–H groups in total. The van der Waals surface area contributed by atoms with Gasteiger partial charge in [-0.25, -0.2) is 4.68 Å². The van der Waals surface area contributed by atoms with Crippen LogP contribution < -0.4 is 5.32 Å². The van der Waals surface area contributed by atoms with Crippen molar-refractivity contribution in [2.24, 2.45) is 7.05 Å². The minimum Gasteiger partial charge on any atom is -0.321 e. The molecule has 2 aromatic heterocycles. The van der Waals surface area contributed by atoms with Crippen LogP contribution in [-0.2, 0) is 17.4 Å². The topological polar surface area (TPSA) is 90.5 Å². The number of anilines is 1. The van der Waals surface area contributed by atoms with E-state index in [0.717, 1.165) is 32.1 Å². The molecule has 0 spiro atoms. The van der Waals surface area contributed by atoms with Gasteiger partial charge in [0.2, 0.25) is 0 Å². The molecule has 1 amide bonds. The first kappa shape index (κ1) is 12.8. The summed E-state index contributed by atoms with van der Waals surface area (Å²) in [4.78, 5) is 12.7. The average molecular weight is 275 g/mol. The molecule has 0 aliphatic heterocycles. The SMILES string of the molecule is Cn1cc(NC(=O)C2(n3cnnn3)CCCCC2)cn1. The number of nitrogens with zero attached hydrogens (tertiary/aromatic N) is 6. The summed E-state index contributed by atoms with van der Waals surface area (Å²) in [7, 11) is 1.81. The van der Waals surface area contributed by atoms with Crippen LogP contribution in [0.1, 0.15) is 32.1 Å². The molecule has 20 heavy (non-hydrogen) atoms. The van der Waals surface area contributed by atoms with Crippen LogP contribution in [0, 0.1) is 0 Å². The zero-order valence-electron chi connectivity index (χ0n) is 11.4. The molecule has 1 aliphatic rings. The van der Waals surface area contributed by atoms with Gasteiger partial charge in [-0.15, -0.1) is 5.10 Å². The maximum atomic E-state index is 12.7. The lowest BCUT2D eigenvalue weighted by Crippen LogP contribution is -2.47. The van der Waals surface area contributed by atoms with Gasteiger partial charge in [-0.3, -0.25) is 9.48 Å². The van der Waals surface area contributed by atoms with Crippen molar-refractivity contribution in [3.63, 3.8) is 0 Å². The van der Waals surface area contributed by atoms with Crippen LogP contribution in [-0.4, -0.2) is 35.9 Å². The molecule has 2 heterocycles. The Balaban J connectivity index is 1.87. The third-order valence-electron chi connectivity index (χ3n) is 3.85. The monoisotopic (exact) mass is 275 g/mol. The van der Waals surface area contributed by atoms with Crippen molar-refractivity contribution in [1.82, 2.24) is 30.0 Å². The molecule has 0 radical (unpaired) electrons. The summed E-state index contributed by atoms with van der Waals surface area (Å²) in [6.45, 7) is 0. The molecule has 0 unspecified atom stereocenters. The highest BCUT2D eigenvalue weighted by Crippen LogP contribution is 2.35. The highest BCUT2D eigenvalue weighted by Gasteiger charge is 2.42. The molecule has 2 aromatic rings. The third-order valence-corrected chi connectivity index (χ3v) is 3.85. The van der Waals surface area contributed by atoms with Crippen LogP contribution in [0.5, 0.6) is 0 Å². The zero-order chi connectivity index (χ0) is 14.0. The largest absolute Gasteiger partial charge is 0.321 e. The first-order valence-corrected chi connectivity index (χ1v) is 6.74. The molecule has 3 rings (SSSR count). The van der Waals surface area contributed by atoms with Crippen molar-refractivity contribution < 1.29 is 4.79 Å². The third kappa shape index (κ3) is 2.17. The number of aryl methyl sites for hydroxylation is 1. The smallest absolute Gasteiger partial charge is 0.252 e. The van der Waals surface area contributed by atoms with Gasteiger partial charge in [0.05, 0.1) is 11.9 Å². The number of carbonyl (C=O) groups is 1. The van der Waals surface area contributed by atoms with E-state index >= 15 is 0 Å². The second-order valence-electron chi connectivity index (χ2n) is 5.20. The van der Waals surface area contributed by atoms with E-state index in [1.54, 1.807) is 21.8 Å². The van der Waals surface area contributed by atoms with Crippen LogP contribution >= 0.6 is 0 Å². The average Bonchev–Trinajstić information content (AvgIpc) is 3.11. The predicted octanol–water partition coefficient (Wildman–Crippen LogP) is 0.705.